The molecule has 1 aromatic rings. The van der Waals surface area contributed by atoms with E-state index in [-0.39, 0.29) is 5.97 Å². The number of hydrogen-bond donors (Lipinski definition) is 0. The number of ether oxygens (including phenoxy) is 2. The Balaban J connectivity index is 2.24. The van der Waals surface area contributed by atoms with Crippen LogP contribution in [0.1, 0.15) is 25.5 Å². The summed E-state index contributed by atoms with van der Waals surface area (Å²) in [7, 11) is 1.59. The highest BCUT2D eigenvalue weighted by Gasteiger charge is 2.44. The lowest BCUT2D eigenvalue weighted by atomic mass is 9.80. The van der Waals surface area contributed by atoms with Crippen molar-refractivity contribution in [1.29, 1.82) is 5.26 Å². The smallest absolute Gasteiger partial charge is 0.316 e. The van der Waals surface area contributed by atoms with Crippen LogP contribution in [-0.2, 0) is 14.3 Å². The third kappa shape index (κ3) is 3.37. The standard InChI is InChI=1S/C16H21N3O3/c1-3-22-15(20)16(12-21-2)8-5-9-19(11-16)14-7-4-6-13(10-17)18-14/h4,6-7H,3,5,8-9,11-12H2,1-2H3. The van der Waals surface area contributed by atoms with E-state index in [4.69, 9.17) is 14.7 Å². The zero-order valence-electron chi connectivity index (χ0n) is 13.0. The van der Waals surface area contributed by atoms with E-state index in [2.05, 4.69) is 4.98 Å². The van der Waals surface area contributed by atoms with Gasteiger partial charge in [0.1, 0.15) is 23.0 Å². The summed E-state index contributed by atoms with van der Waals surface area (Å²) in [5.74, 6) is 0.488. The molecule has 1 aliphatic heterocycles. The maximum Gasteiger partial charge on any atom is 0.316 e. The average molecular weight is 303 g/mol. The van der Waals surface area contributed by atoms with Crippen LogP contribution in [0.5, 0.6) is 0 Å². The quantitative estimate of drug-likeness (QED) is 0.771. The van der Waals surface area contributed by atoms with Crippen molar-refractivity contribution in [1.82, 2.24) is 4.98 Å². The Kier molecular flexibility index (Phi) is 5.34. The van der Waals surface area contributed by atoms with Gasteiger partial charge >= 0.3 is 5.97 Å². The number of anilines is 1. The van der Waals surface area contributed by atoms with Crippen molar-refractivity contribution >= 4 is 11.8 Å². The zero-order chi connectivity index (χ0) is 16.0. The van der Waals surface area contributed by atoms with Gasteiger partial charge in [-0.2, -0.15) is 5.26 Å². The van der Waals surface area contributed by atoms with Crippen LogP contribution in [0.25, 0.3) is 0 Å². The minimum absolute atomic E-state index is 0.224. The largest absolute Gasteiger partial charge is 0.465 e. The third-order valence-electron chi connectivity index (χ3n) is 3.88. The molecule has 1 saturated heterocycles. The Bertz CT molecular complexity index is 566. The highest BCUT2D eigenvalue weighted by atomic mass is 16.5. The molecule has 0 saturated carbocycles. The Morgan fingerprint density at radius 3 is 3.05 bits per heavy atom. The van der Waals surface area contributed by atoms with E-state index in [0.29, 0.717) is 31.3 Å². The minimum atomic E-state index is -0.673. The van der Waals surface area contributed by atoms with E-state index < -0.39 is 5.41 Å². The molecule has 0 spiro atoms. The van der Waals surface area contributed by atoms with E-state index in [1.165, 1.54) is 0 Å². The van der Waals surface area contributed by atoms with Gasteiger partial charge in [-0.05, 0) is 31.9 Å². The molecule has 22 heavy (non-hydrogen) atoms. The van der Waals surface area contributed by atoms with Gasteiger partial charge in [0, 0.05) is 20.2 Å². The van der Waals surface area contributed by atoms with Crippen LogP contribution in [0.4, 0.5) is 5.82 Å². The van der Waals surface area contributed by atoms with Gasteiger partial charge in [-0.3, -0.25) is 4.79 Å². The van der Waals surface area contributed by atoms with Gasteiger partial charge in [-0.1, -0.05) is 6.07 Å². The zero-order valence-corrected chi connectivity index (χ0v) is 13.0. The topological polar surface area (TPSA) is 75.5 Å². The highest BCUT2D eigenvalue weighted by Crippen LogP contribution is 2.33. The molecule has 0 aromatic carbocycles. The van der Waals surface area contributed by atoms with Gasteiger partial charge in [-0.15, -0.1) is 0 Å². The lowest BCUT2D eigenvalue weighted by molar-refractivity contribution is -0.159. The maximum absolute atomic E-state index is 12.4. The van der Waals surface area contributed by atoms with Crippen molar-refractivity contribution in [3.8, 4) is 6.07 Å². The van der Waals surface area contributed by atoms with Gasteiger partial charge in [-0.25, -0.2) is 4.98 Å². The number of esters is 1. The number of aromatic nitrogens is 1. The lowest BCUT2D eigenvalue weighted by Gasteiger charge is -2.41. The SMILES string of the molecule is CCOC(=O)C1(COC)CCCN(c2cccc(C#N)n2)C1. The number of piperidine rings is 1. The molecule has 0 N–H and O–H groups in total. The lowest BCUT2D eigenvalue weighted by Crippen LogP contribution is -2.51. The first kappa shape index (κ1) is 16.2. The van der Waals surface area contributed by atoms with E-state index in [1.54, 1.807) is 26.2 Å². The summed E-state index contributed by atoms with van der Waals surface area (Å²) >= 11 is 0. The van der Waals surface area contributed by atoms with Gasteiger partial charge in [0.2, 0.25) is 0 Å². The molecule has 0 radical (unpaired) electrons. The van der Waals surface area contributed by atoms with Crippen LogP contribution in [-0.4, -0.2) is 44.4 Å². The molecule has 1 fully saturated rings. The molecule has 118 valence electrons. The van der Waals surface area contributed by atoms with Gasteiger partial charge in [0.15, 0.2) is 0 Å². The Morgan fingerprint density at radius 2 is 2.36 bits per heavy atom. The Morgan fingerprint density at radius 1 is 1.55 bits per heavy atom. The molecule has 0 amide bonds. The van der Waals surface area contributed by atoms with Gasteiger partial charge < -0.3 is 14.4 Å². The number of nitrogens with zero attached hydrogens (tertiary/aromatic N) is 3. The second kappa shape index (κ2) is 7.23. The van der Waals surface area contributed by atoms with Crippen LogP contribution in [0.2, 0.25) is 0 Å². The molecular formula is C16H21N3O3. The first-order valence-corrected chi connectivity index (χ1v) is 7.43. The molecule has 2 rings (SSSR count). The number of pyridine rings is 1. The molecule has 1 atom stereocenters. The monoisotopic (exact) mass is 303 g/mol. The van der Waals surface area contributed by atoms with Crippen LogP contribution < -0.4 is 4.90 Å². The molecule has 0 bridgehead atoms. The molecule has 1 aliphatic rings. The number of hydrogen-bond acceptors (Lipinski definition) is 6. The molecule has 0 aliphatic carbocycles. The van der Waals surface area contributed by atoms with Crippen LogP contribution >= 0.6 is 0 Å². The number of nitriles is 1. The predicted octanol–water partition coefficient (Wildman–Crippen LogP) is 1.75. The van der Waals surface area contributed by atoms with Crippen LogP contribution in [0.15, 0.2) is 18.2 Å². The summed E-state index contributed by atoms with van der Waals surface area (Å²) in [4.78, 5) is 18.8. The number of carbonyl (C=O) groups is 1. The van der Waals surface area contributed by atoms with Crippen molar-refractivity contribution in [3.63, 3.8) is 0 Å². The summed E-state index contributed by atoms with van der Waals surface area (Å²) in [6, 6.07) is 7.37. The first-order valence-electron chi connectivity index (χ1n) is 7.43. The summed E-state index contributed by atoms with van der Waals surface area (Å²) < 4.78 is 10.5. The Labute approximate surface area is 130 Å². The fraction of sp³-hybridized carbons (Fsp3) is 0.562. The van der Waals surface area contributed by atoms with E-state index >= 15 is 0 Å². The van der Waals surface area contributed by atoms with Crippen molar-refractivity contribution in [2.45, 2.75) is 19.8 Å². The van der Waals surface area contributed by atoms with Crippen LogP contribution in [0, 0.1) is 16.7 Å². The fourth-order valence-corrected chi connectivity index (χ4v) is 2.89. The fourth-order valence-electron chi connectivity index (χ4n) is 2.89. The van der Waals surface area contributed by atoms with E-state index in [1.807, 2.05) is 17.0 Å². The second-order valence-corrected chi connectivity index (χ2v) is 5.45. The minimum Gasteiger partial charge on any atom is -0.465 e. The van der Waals surface area contributed by atoms with Crippen molar-refractivity contribution in [3.05, 3.63) is 23.9 Å². The van der Waals surface area contributed by atoms with Crippen LogP contribution in [0.3, 0.4) is 0 Å². The van der Waals surface area contributed by atoms with Gasteiger partial charge in [0.05, 0.1) is 13.2 Å². The van der Waals surface area contributed by atoms with E-state index in [9.17, 15) is 4.79 Å². The first-order chi connectivity index (χ1) is 10.6. The van der Waals surface area contributed by atoms with Gasteiger partial charge in [0.25, 0.3) is 0 Å². The molecule has 1 unspecified atom stereocenters. The van der Waals surface area contributed by atoms with Crippen molar-refractivity contribution in [2.24, 2.45) is 5.41 Å². The number of carbonyl (C=O) groups excluding carboxylic acids is 1. The molecular weight excluding hydrogens is 282 g/mol. The Hall–Kier alpha value is -2.13. The summed E-state index contributed by atoms with van der Waals surface area (Å²) in [6.45, 7) is 3.76. The number of rotatable bonds is 5. The maximum atomic E-state index is 12.4. The number of methoxy groups -OCH3 is 1. The van der Waals surface area contributed by atoms with Crippen molar-refractivity contribution in [2.75, 3.05) is 38.3 Å². The molecule has 2 heterocycles. The van der Waals surface area contributed by atoms with E-state index in [0.717, 1.165) is 19.4 Å². The summed E-state index contributed by atoms with van der Waals surface area (Å²) in [5, 5.41) is 8.98. The molecule has 1 aromatic heterocycles. The summed E-state index contributed by atoms with van der Waals surface area (Å²) in [5.41, 5.74) is -0.301. The highest BCUT2D eigenvalue weighted by molar-refractivity contribution is 5.78. The summed E-state index contributed by atoms with van der Waals surface area (Å²) in [6.07, 6.45) is 1.58. The average Bonchev–Trinajstić information content (AvgIpc) is 2.55. The second-order valence-electron chi connectivity index (χ2n) is 5.45. The molecule has 6 heteroatoms. The predicted molar refractivity (Wildman–Crippen MR) is 81.3 cm³/mol. The normalized spacial score (nSPS) is 21.2. The third-order valence-corrected chi connectivity index (χ3v) is 3.88. The molecule has 6 nitrogen and oxygen atoms in total. The van der Waals surface area contributed by atoms with Crippen molar-refractivity contribution < 1.29 is 14.3 Å².